The fourth-order valence-electron chi connectivity index (χ4n) is 2.86. The molecule has 1 saturated carbocycles. The van der Waals surface area contributed by atoms with E-state index in [4.69, 9.17) is 0 Å². The second kappa shape index (κ2) is 6.15. The van der Waals surface area contributed by atoms with E-state index in [1.54, 1.807) is 0 Å². The lowest BCUT2D eigenvalue weighted by Crippen LogP contribution is -2.26. The van der Waals surface area contributed by atoms with Crippen molar-refractivity contribution in [2.75, 3.05) is 6.54 Å². The first-order valence-corrected chi connectivity index (χ1v) is 6.86. The molecule has 1 heterocycles. The van der Waals surface area contributed by atoms with Gasteiger partial charge in [-0.15, -0.1) is 0 Å². The van der Waals surface area contributed by atoms with Gasteiger partial charge in [0.25, 0.3) is 0 Å². The molecule has 17 heavy (non-hydrogen) atoms. The molecule has 1 aliphatic rings. The Balaban J connectivity index is 1.74. The Morgan fingerprint density at radius 1 is 1.41 bits per heavy atom. The maximum atomic E-state index is 4.13. The maximum absolute atomic E-state index is 4.13. The van der Waals surface area contributed by atoms with E-state index in [2.05, 4.69) is 30.2 Å². The third-order valence-corrected chi connectivity index (χ3v) is 3.93. The summed E-state index contributed by atoms with van der Waals surface area (Å²) in [6.07, 6.45) is 9.49. The predicted molar refractivity (Wildman–Crippen MR) is 71.8 cm³/mol. The molecule has 1 N–H and O–H groups in total. The number of hydrogen-bond acceptors (Lipinski definition) is 2. The summed E-state index contributed by atoms with van der Waals surface area (Å²) in [6, 6.07) is 2.12. The molecule has 0 aliphatic heterocycles. The summed E-state index contributed by atoms with van der Waals surface area (Å²) in [7, 11) is 0. The van der Waals surface area contributed by atoms with E-state index in [0.717, 1.165) is 18.4 Å². The summed E-state index contributed by atoms with van der Waals surface area (Å²) < 4.78 is 0. The lowest BCUT2D eigenvalue weighted by Gasteiger charge is -2.26. The maximum Gasteiger partial charge on any atom is 0.0300 e. The minimum Gasteiger partial charge on any atom is -0.312 e. The summed E-state index contributed by atoms with van der Waals surface area (Å²) in [6.45, 7) is 6.68. The number of aromatic nitrogens is 1. The number of hydrogen-bond donors (Lipinski definition) is 1. The molecule has 0 spiro atoms. The van der Waals surface area contributed by atoms with E-state index in [0.29, 0.717) is 0 Å². The van der Waals surface area contributed by atoms with Crippen LogP contribution >= 0.6 is 0 Å². The van der Waals surface area contributed by atoms with Crippen LogP contribution in [0.1, 0.15) is 43.7 Å². The van der Waals surface area contributed by atoms with Crippen LogP contribution in [0.15, 0.2) is 18.5 Å². The van der Waals surface area contributed by atoms with Gasteiger partial charge in [-0.05, 0) is 55.3 Å². The molecule has 1 aromatic heterocycles. The molecule has 0 aromatic carbocycles. The summed E-state index contributed by atoms with van der Waals surface area (Å²) in [4.78, 5) is 4.13. The lowest BCUT2D eigenvalue weighted by molar-refractivity contribution is 0.274. The SMILES string of the molecule is Cc1cnccc1CNCC1CCCC(C)C1. The van der Waals surface area contributed by atoms with Crippen molar-refractivity contribution in [3.05, 3.63) is 29.6 Å². The van der Waals surface area contributed by atoms with Gasteiger partial charge in [0.2, 0.25) is 0 Å². The Kier molecular flexibility index (Phi) is 4.55. The molecule has 1 aromatic rings. The molecule has 0 amide bonds. The van der Waals surface area contributed by atoms with E-state index >= 15 is 0 Å². The van der Waals surface area contributed by atoms with Gasteiger partial charge in [-0.3, -0.25) is 4.98 Å². The molecule has 94 valence electrons. The van der Waals surface area contributed by atoms with Crippen LogP contribution in [-0.2, 0) is 6.54 Å². The number of nitrogens with zero attached hydrogens (tertiary/aromatic N) is 1. The molecule has 1 fully saturated rings. The minimum absolute atomic E-state index is 0.890. The van der Waals surface area contributed by atoms with Crippen molar-refractivity contribution in [3.8, 4) is 0 Å². The van der Waals surface area contributed by atoms with Crippen LogP contribution in [0, 0.1) is 18.8 Å². The van der Waals surface area contributed by atoms with E-state index < -0.39 is 0 Å². The zero-order chi connectivity index (χ0) is 12.1. The average Bonchev–Trinajstić information content (AvgIpc) is 2.32. The number of pyridine rings is 1. The quantitative estimate of drug-likeness (QED) is 0.861. The molecule has 0 radical (unpaired) electrons. The zero-order valence-electron chi connectivity index (χ0n) is 11.1. The Morgan fingerprint density at radius 2 is 2.29 bits per heavy atom. The smallest absolute Gasteiger partial charge is 0.0300 e. The Hall–Kier alpha value is -0.890. The Morgan fingerprint density at radius 3 is 3.06 bits per heavy atom. The van der Waals surface area contributed by atoms with E-state index in [1.165, 1.54) is 43.4 Å². The van der Waals surface area contributed by atoms with Gasteiger partial charge in [0.1, 0.15) is 0 Å². The van der Waals surface area contributed by atoms with Gasteiger partial charge < -0.3 is 5.32 Å². The highest BCUT2D eigenvalue weighted by atomic mass is 14.9. The topological polar surface area (TPSA) is 24.9 Å². The molecule has 2 atom stereocenters. The van der Waals surface area contributed by atoms with Crippen LogP contribution in [-0.4, -0.2) is 11.5 Å². The zero-order valence-corrected chi connectivity index (χ0v) is 11.1. The summed E-state index contributed by atoms with van der Waals surface area (Å²) in [5.74, 6) is 1.82. The van der Waals surface area contributed by atoms with Crippen molar-refractivity contribution in [1.29, 1.82) is 0 Å². The third kappa shape index (κ3) is 3.81. The van der Waals surface area contributed by atoms with Crippen LogP contribution < -0.4 is 5.32 Å². The van der Waals surface area contributed by atoms with Gasteiger partial charge in [-0.25, -0.2) is 0 Å². The highest BCUT2D eigenvalue weighted by Gasteiger charge is 2.18. The molecular formula is C15H24N2. The molecule has 1 aliphatic carbocycles. The molecule has 0 saturated heterocycles. The highest BCUT2D eigenvalue weighted by molar-refractivity contribution is 5.21. The number of nitrogens with one attached hydrogen (secondary N) is 1. The second-order valence-corrected chi connectivity index (χ2v) is 5.57. The van der Waals surface area contributed by atoms with Crippen molar-refractivity contribution < 1.29 is 0 Å². The average molecular weight is 232 g/mol. The van der Waals surface area contributed by atoms with Gasteiger partial charge in [-0.2, -0.15) is 0 Å². The van der Waals surface area contributed by atoms with Crippen molar-refractivity contribution in [1.82, 2.24) is 10.3 Å². The highest BCUT2D eigenvalue weighted by Crippen LogP contribution is 2.27. The van der Waals surface area contributed by atoms with Gasteiger partial charge in [0.15, 0.2) is 0 Å². The van der Waals surface area contributed by atoms with Gasteiger partial charge in [-0.1, -0.05) is 19.8 Å². The molecule has 2 nitrogen and oxygen atoms in total. The van der Waals surface area contributed by atoms with E-state index in [9.17, 15) is 0 Å². The molecule has 2 heteroatoms. The van der Waals surface area contributed by atoms with Crippen LogP contribution in [0.2, 0.25) is 0 Å². The summed E-state index contributed by atoms with van der Waals surface area (Å²) in [5, 5.41) is 3.60. The van der Waals surface area contributed by atoms with Crippen LogP contribution in [0.3, 0.4) is 0 Å². The summed E-state index contributed by atoms with van der Waals surface area (Å²) >= 11 is 0. The summed E-state index contributed by atoms with van der Waals surface area (Å²) in [5.41, 5.74) is 2.67. The predicted octanol–water partition coefficient (Wildman–Crippen LogP) is 3.31. The van der Waals surface area contributed by atoms with E-state index in [1.807, 2.05) is 12.4 Å². The first-order valence-electron chi connectivity index (χ1n) is 6.86. The Labute approximate surface area is 105 Å². The third-order valence-electron chi connectivity index (χ3n) is 3.93. The van der Waals surface area contributed by atoms with Crippen LogP contribution in [0.4, 0.5) is 0 Å². The fraction of sp³-hybridized carbons (Fsp3) is 0.667. The minimum atomic E-state index is 0.890. The second-order valence-electron chi connectivity index (χ2n) is 5.57. The van der Waals surface area contributed by atoms with Crippen molar-refractivity contribution in [3.63, 3.8) is 0 Å². The Bertz CT molecular complexity index is 349. The first kappa shape index (κ1) is 12.6. The van der Waals surface area contributed by atoms with Crippen molar-refractivity contribution in [2.45, 2.75) is 46.1 Å². The number of aryl methyl sites for hydroxylation is 1. The largest absolute Gasteiger partial charge is 0.312 e. The van der Waals surface area contributed by atoms with Crippen molar-refractivity contribution >= 4 is 0 Å². The van der Waals surface area contributed by atoms with Gasteiger partial charge in [0, 0.05) is 18.9 Å². The first-order chi connectivity index (χ1) is 8.25. The van der Waals surface area contributed by atoms with Gasteiger partial charge >= 0.3 is 0 Å². The van der Waals surface area contributed by atoms with Crippen molar-refractivity contribution in [2.24, 2.45) is 11.8 Å². The van der Waals surface area contributed by atoms with Crippen LogP contribution in [0.5, 0.6) is 0 Å². The standard InChI is InChI=1S/C15H24N2/c1-12-4-3-5-14(8-12)10-17-11-15-6-7-16-9-13(15)2/h6-7,9,12,14,17H,3-5,8,10-11H2,1-2H3. The van der Waals surface area contributed by atoms with Gasteiger partial charge in [0.05, 0.1) is 0 Å². The lowest BCUT2D eigenvalue weighted by atomic mass is 9.82. The van der Waals surface area contributed by atoms with E-state index in [-0.39, 0.29) is 0 Å². The fourth-order valence-corrected chi connectivity index (χ4v) is 2.86. The van der Waals surface area contributed by atoms with Crippen LogP contribution in [0.25, 0.3) is 0 Å². The normalized spacial score (nSPS) is 24.8. The number of rotatable bonds is 4. The molecule has 0 bridgehead atoms. The monoisotopic (exact) mass is 232 g/mol. The molecular weight excluding hydrogens is 208 g/mol. The molecule has 2 rings (SSSR count). The molecule has 2 unspecified atom stereocenters.